The lowest BCUT2D eigenvalue weighted by Crippen LogP contribution is -2.51. The standard InChI is InChI=1S/C19H30N2O2/c1-6-21(13-16-10-8-7-9-11-16)19(23)18(15(4)5)20-17(22)12-14(2)3/h7-11,14-15,18H,6,12-13H2,1-5H3,(H,20,22). The smallest absolute Gasteiger partial charge is 0.245 e. The van der Waals surface area contributed by atoms with Crippen LogP contribution in [0.4, 0.5) is 0 Å². The van der Waals surface area contributed by atoms with E-state index in [4.69, 9.17) is 0 Å². The molecule has 0 aromatic heterocycles. The molecule has 0 fully saturated rings. The maximum absolute atomic E-state index is 12.9. The van der Waals surface area contributed by atoms with Gasteiger partial charge in [-0.2, -0.15) is 0 Å². The summed E-state index contributed by atoms with van der Waals surface area (Å²) in [5.41, 5.74) is 1.10. The summed E-state index contributed by atoms with van der Waals surface area (Å²) < 4.78 is 0. The summed E-state index contributed by atoms with van der Waals surface area (Å²) in [7, 11) is 0. The zero-order chi connectivity index (χ0) is 17.4. The molecule has 128 valence electrons. The molecule has 0 aliphatic rings. The fourth-order valence-electron chi connectivity index (χ4n) is 2.46. The van der Waals surface area contributed by atoms with Gasteiger partial charge in [0.15, 0.2) is 0 Å². The second-order valence-electron chi connectivity index (χ2n) is 6.73. The van der Waals surface area contributed by atoms with Gasteiger partial charge in [0.1, 0.15) is 6.04 Å². The highest BCUT2D eigenvalue weighted by molar-refractivity contribution is 5.88. The number of amides is 2. The van der Waals surface area contributed by atoms with Crippen molar-refractivity contribution in [3.8, 4) is 0 Å². The predicted octanol–water partition coefficient (Wildman–Crippen LogP) is 3.22. The number of hydrogen-bond acceptors (Lipinski definition) is 2. The van der Waals surface area contributed by atoms with Gasteiger partial charge < -0.3 is 10.2 Å². The third-order valence-electron chi connectivity index (χ3n) is 3.75. The molecule has 1 rings (SSSR count). The van der Waals surface area contributed by atoms with Crippen molar-refractivity contribution < 1.29 is 9.59 Å². The highest BCUT2D eigenvalue weighted by Crippen LogP contribution is 2.11. The van der Waals surface area contributed by atoms with Crippen molar-refractivity contribution in [1.82, 2.24) is 10.2 Å². The number of carbonyl (C=O) groups is 2. The molecule has 1 N–H and O–H groups in total. The molecule has 4 nitrogen and oxygen atoms in total. The van der Waals surface area contributed by atoms with E-state index >= 15 is 0 Å². The van der Waals surface area contributed by atoms with Crippen LogP contribution in [0.3, 0.4) is 0 Å². The number of nitrogens with zero attached hydrogens (tertiary/aromatic N) is 1. The van der Waals surface area contributed by atoms with Gasteiger partial charge in [0, 0.05) is 19.5 Å². The Morgan fingerprint density at radius 1 is 1.09 bits per heavy atom. The fourth-order valence-corrected chi connectivity index (χ4v) is 2.46. The van der Waals surface area contributed by atoms with E-state index in [0.29, 0.717) is 19.5 Å². The second kappa shape index (κ2) is 9.33. The Kier molecular flexibility index (Phi) is 7.79. The van der Waals surface area contributed by atoms with Crippen LogP contribution in [0.25, 0.3) is 0 Å². The van der Waals surface area contributed by atoms with Gasteiger partial charge in [-0.3, -0.25) is 9.59 Å². The molecule has 0 radical (unpaired) electrons. The highest BCUT2D eigenvalue weighted by Gasteiger charge is 2.28. The van der Waals surface area contributed by atoms with E-state index in [9.17, 15) is 9.59 Å². The van der Waals surface area contributed by atoms with E-state index < -0.39 is 6.04 Å². The van der Waals surface area contributed by atoms with Crippen LogP contribution >= 0.6 is 0 Å². The summed E-state index contributed by atoms with van der Waals surface area (Å²) in [4.78, 5) is 26.7. The molecule has 23 heavy (non-hydrogen) atoms. The molecular weight excluding hydrogens is 288 g/mol. The number of rotatable bonds is 8. The van der Waals surface area contributed by atoms with Crippen molar-refractivity contribution in [3.63, 3.8) is 0 Å². The summed E-state index contributed by atoms with van der Waals surface area (Å²) in [6.07, 6.45) is 0.446. The third-order valence-corrected chi connectivity index (χ3v) is 3.75. The SMILES string of the molecule is CCN(Cc1ccccc1)C(=O)C(NC(=O)CC(C)C)C(C)C. The highest BCUT2D eigenvalue weighted by atomic mass is 16.2. The van der Waals surface area contributed by atoms with Crippen LogP contribution in [0, 0.1) is 11.8 Å². The van der Waals surface area contributed by atoms with Crippen LogP contribution in [-0.2, 0) is 16.1 Å². The number of benzene rings is 1. The van der Waals surface area contributed by atoms with E-state index in [-0.39, 0.29) is 23.7 Å². The minimum Gasteiger partial charge on any atom is -0.344 e. The zero-order valence-electron chi connectivity index (χ0n) is 15.0. The van der Waals surface area contributed by atoms with E-state index in [1.165, 1.54) is 0 Å². The average Bonchev–Trinajstić information content (AvgIpc) is 2.49. The Labute approximate surface area is 140 Å². The lowest BCUT2D eigenvalue weighted by molar-refractivity contribution is -0.138. The van der Waals surface area contributed by atoms with Crippen molar-refractivity contribution in [1.29, 1.82) is 0 Å². The van der Waals surface area contributed by atoms with E-state index in [1.54, 1.807) is 4.90 Å². The monoisotopic (exact) mass is 318 g/mol. The summed E-state index contributed by atoms with van der Waals surface area (Å²) in [6.45, 7) is 11.1. The van der Waals surface area contributed by atoms with Gasteiger partial charge in [0.05, 0.1) is 0 Å². The van der Waals surface area contributed by atoms with Gasteiger partial charge in [0.25, 0.3) is 0 Å². The molecule has 0 spiro atoms. The first-order valence-corrected chi connectivity index (χ1v) is 8.47. The molecule has 0 aliphatic heterocycles. The molecule has 1 unspecified atom stereocenters. The molecule has 0 aliphatic carbocycles. The van der Waals surface area contributed by atoms with E-state index in [1.807, 2.05) is 65.0 Å². The maximum Gasteiger partial charge on any atom is 0.245 e. The third kappa shape index (κ3) is 6.43. The summed E-state index contributed by atoms with van der Waals surface area (Å²) in [5.74, 6) is 0.277. The molecule has 0 heterocycles. The summed E-state index contributed by atoms with van der Waals surface area (Å²) in [6, 6.07) is 9.46. The van der Waals surface area contributed by atoms with Crippen LogP contribution in [0.2, 0.25) is 0 Å². The van der Waals surface area contributed by atoms with Gasteiger partial charge in [-0.25, -0.2) is 0 Å². The second-order valence-corrected chi connectivity index (χ2v) is 6.73. The molecular formula is C19H30N2O2. The first-order chi connectivity index (χ1) is 10.8. The number of likely N-dealkylation sites (N-methyl/N-ethyl adjacent to an activating group) is 1. The first kappa shape index (κ1) is 19.2. The quantitative estimate of drug-likeness (QED) is 0.800. The van der Waals surface area contributed by atoms with Crippen molar-refractivity contribution in [3.05, 3.63) is 35.9 Å². The molecule has 2 amide bonds. The van der Waals surface area contributed by atoms with Gasteiger partial charge in [0.2, 0.25) is 11.8 Å². The van der Waals surface area contributed by atoms with Crippen LogP contribution in [0.5, 0.6) is 0 Å². The molecule has 1 aromatic carbocycles. The fraction of sp³-hybridized carbons (Fsp3) is 0.579. The number of hydrogen-bond donors (Lipinski definition) is 1. The lowest BCUT2D eigenvalue weighted by Gasteiger charge is -2.29. The Bertz CT molecular complexity index is 497. The van der Waals surface area contributed by atoms with Crippen molar-refractivity contribution in [2.75, 3.05) is 6.54 Å². The average molecular weight is 318 g/mol. The van der Waals surface area contributed by atoms with Crippen LogP contribution < -0.4 is 5.32 Å². The molecule has 0 saturated carbocycles. The lowest BCUT2D eigenvalue weighted by atomic mass is 10.0. The van der Waals surface area contributed by atoms with Crippen molar-refractivity contribution in [2.45, 2.75) is 53.6 Å². The summed E-state index contributed by atoms with van der Waals surface area (Å²) in [5, 5.41) is 2.92. The molecule has 0 saturated heterocycles. The van der Waals surface area contributed by atoms with Gasteiger partial charge in [-0.1, -0.05) is 58.0 Å². The Balaban J connectivity index is 2.79. The van der Waals surface area contributed by atoms with Gasteiger partial charge in [-0.15, -0.1) is 0 Å². The topological polar surface area (TPSA) is 49.4 Å². The molecule has 1 atom stereocenters. The van der Waals surface area contributed by atoms with Crippen LogP contribution in [0.15, 0.2) is 30.3 Å². The number of nitrogens with one attached hydrogen (secondary N) is 1. The number of carbonyl (C=O) groups excluding carboxylic acids is 2. The van der Waals surface area contributed by atoms with Gasteiger partial charge in [-0.05, 0) is 24.3 Å². The largest absolute Gasteiger partial charge is 0.344 e. The molecule has 4 heteroatoms. The van der Waals surface area contributed by atoms with E-state index in [2.05, 4.69) is 5.32 Å². The van der Waals surface area contributed by atoms with Crippen LogP contribution in [-0.4, -0.2) is 29.3 Å². The molecule has 1 aromatic rings. The normalized spacial score (nSPS) is 12.3. The Morgan fingerprint density at radius 3 is 2.17 bits per heavy atom. The minimum absolute atomic E-state index is 0.0107. The molecule has 0 bridgehead atoms. The van der Waals surface area contributed by atoms with Crippen LogP contribution in [0.1, 0.15) is 46.6 Å². The maximum atomic E-state index is 12.9. The predicted molar refractivity (Wildman–Crippen MR) is 93.8 cm³/mol. The minimum atomic E-state index is -0.468. The Morgan fingerprint density at radius 2 is 1.70 bits per heavy atom. The van der Waals surface area contributed by atoms with Gasteiger partial charge >= 0.3 is 0 Å². The van der Waals surface area contributed by atoms with E-state index in [0.717, 1.165) is 5.56 Å². The van der Waals surface area contributed by atoms with Crippen molar-refractivity contribution in [2.24, 2.45) is 11.8 Å². The summed E-state index contributed by atoms with van der Waals surface area (Å²) >= 11 is 0. The zero-order valence-corrected chi connectivity index (χ0v) is 15.0. The first-order valence-electron chi connectivity index (χ1n) is 8.47. The van der Waals surface area contributed by atoms with Crippen molar-refractivity contribution >= 4 is 11.8 Å². The Hall–Kier alpha value is -1.84.